The van der Waals surface area contributed by atoms with Crippen molar-refractivity contribution in [1.82, 2.24) is 9.96 Å². The molecule has 2 amide bonds. The first-order valence-electron chi connectivity index (χ1n) is 6.43. The summed E-state index contributed by atoms with van der Waals surface area (Å²) in [5, 5.41) is 1.44. The van der Waals surface area contributed by atoms with Crippen LogP contribution in [0.15, 0.2) is 11.8 Å². The Kier molecular flexibility index (Phi) is 2.84. The number of rotatable bonds is 3. The summed E-state index contributed by atoms with van der Waals surface area (Å²) in [6.45, 7) is 2.10. The molecule has 2 saturated heterocycles. The predicted molar refractivity (Wildman–Crippen MR) is 71.5 cm³/mol. The van der Waals surface area contributed by atoms with Gasteiger partial charge in [0.1, 0.15) is 0 Å². The summed E-state index contributed by atoms with van der Waals surface area (Å²) < 4.78 is 5.15. The van der Waals surface area contributed by atoms with Crippen LogP contribution < -0.4 is 5.73 Å². The Morgan fingerprint density at radius 1 is 1.58 bits per heavy atom. The fraction of sp³-hybridized carbons (Fsp3) is 0.667. The number of hydrogen-bond donors (Lipinski definition) is 1. The number of allylic oxidation sites excluding steroid dienone is 1. The van der Waals surface area contributed by atoms with E-state index in [2.05, 4.69) is 9.47 Å². The van der Waals surface area contributed by atoms with Crippen molar-refractivity contribution in [3.63, 3.8) is 0 Å². The highest BCUT2D eigenvalue weighted by Gasteiger charge is 2.63. The topological polar surface area (TPSA) is 75.9 Å². The van der Waals surface area contributed by atoms with Crippen LogP contribution in [0.5, 0.6) is 0 Å². The third kappa shape index (κ3) is 1.85. The molecule has 104 valence electrons. The van der Waals surface area contributed by atoms with Gasteiger partial charge in [0.15, 0.2) is 5.78 Å². The number of carbonyl (C=O) groups is 2. The lowest BCUT2D eigenvalue weighted by atomic mass is 9.84. The normalized spacial score (nSPS) is 32.1. The number of nitrogens with two attached hydrogens (primary N) is 1. The van der Waals surface area contributed by atoms with Gasteiger partial charge in [-0.15, -0.1) is 0 Å². The van der Waals surface area contributed by atoms with Crippen LogP contribution in [0.3, 0.4) is 0 Å². The van der Waals surface area contributed by atoms with E-state index in [9.17, 15) is 9.59 Å². The zero-order valence-corrected chi connectivity index (χ0v) is 12.0. The minimum atomic E-state index is -0.180. The first kappa shape index (κ1) is 12.9. The quantitative estimate of drug-likeness (QED) is 0.614. The summed E-state index contributed by atoms with van der Waals surface area (Å²) >= 11 is 0. The van der Waals surface area contributed by atoms with Crippen LogP contribution >= 0.6 is 9.47 Å². The maximum Gasteiger partial charge on any atom is 0.345 e. The molecule has 19 heavy (non-hydrogen) atoms. The summed E-state index contributed by atoms with van der Waals surface area (Å²) in [6, 6.07) is -0.229. The monoisotopic (exact) mass is 283 g/mol. The molecule has 1 saturated carbocycles. The van der Waals surface area contributed by atoms with Crippen molar-refractivity contribution in [1.29, 1.82) is 0 Å². The molecule has 7 heteroatoms. The number of ketones is 1. The van der Waals surface area contributed by atoms with Crippen molar-refractivity contribution in [3.05, 3.63) is 11.8 Å². The molecule has 0 aromatic rings. The lowest BCUT2D eigenvalue weighted by molar-refractivity contribution is -0.112. The second-order valence-electron chi connectivity index (χ2n) is 5.72. The van der Waals surface area contributed by atoms with E-state index in [0.717, 1.165) is 19.3 Å². The highest BCUT2D eigenvalue weighted by atomic mass is 31.0. The average Bonchev–Trinajstić information content (AvgIpc) is 3.05. The Morgan fingerprint density at radius 3 is 2.79 bits per heavy atom. The summed E-state index contributed by atoms with van der Waals surface area (Å²) in [4.78, 5) is 25.2. The third-order valence-electron chi connectivity index (χ3n) is 4.53. The van der Waals surface area contributed by atoms with Crippen LogP contribution in [0.2, 0.25) is 0 Å². The number of amides is 2. The standard InChI is InChI=1S/C12H18N3O3P/c1-7(16)4-8(13)9-5-12(2-3-12)10-6-14(9)11(17)15(10)18-19/h4,9-10H,2-3,5-6,13,19H2,1H3. The van der Waals surface area contributed by atoms with E-state index in [4.69, 9.17) is 10.4 Å². The zero-order valence-electron chi connectivity index (χ0n) is 10.8. The van der Waals surface area contributed by atoms with Crippen LogP contribution in [0.4, 0.5) is 4.79 Å². The highest BCUT2D eigenvalue weighted by molar-refractivity contribution is 7.09. The number of urea groups is 1. The Bertz CT molecular complexity index is 475. The molecule has 0 aromatic carbocycles. The predicted octanol–water partition coefficient (Wildman–Crippen LogP) is 0.798. The number of hydrogen-bond acceptors (Lipinski definition) is 4. The molecule has 0 aromatic heterocycles. The fourth-order valence-corrected chi connectivity index (χ4v) is 3.61. The summed E-state index contributed by atoms with van der Waals surface area (Å²) in [7, 11) is 2.14. The summed E-state index contributed by atoms with van der Waals surface area (Å²) in [5.41, 5.74) is 6.62. The summed E-state index contributed by atoms with van der Waals surface area (Å²) in [5.74, 6) is -0.0877. The van der Waals surface area contributed by atoms with E-state index in [1.54, 1.807) is 4.90 Å². The van der Waals surface area contributed by atoms with Crippen molar-refractivity contribution < 1.29 is 14.2 Å². The van der Waals surface area contributed by atoms with E-state index in [0.29, 0.717) is 12.2 Å². The van der Waals surface area contributed by atoms with Crippen LogP contribution in [0.25, 0.3) is 0 Å². The van der Waals surface area contributed by atoms with Crippen LogP contribution in [-0.2, 0) is 9.42 Å². The molecule has 1 spiro atoms. The molecule has 3 rings (SSSR count). The number of hydroxylamine groups is 2. The minimum absolute atomic E-state index is 0.0877. The number of nitrogens with zero attached hydrogens (tertiary/aromatic N) is 2. The maximum absolute atomic E-state index is 12.3. The number of piperidine rings is 1. The first-order valence-corrected chi connectivity index (χ1v) is 6.90. The molecule has 3 fully saturated rings. The molecule has 2 N–H and O–H groups in total. The van der Waals surface area contributed by atoms with Crippen molar-refractivity contribution in [2.75, 3.05) is 6.54 Å². The zero-order chi connectivity index (χ0) is 13.8. The lowest BCUT2D eigenvalue weighted by Crippen LogP contribution is -2.47. The van der Waals surface area contributed by atoms with Gasteiger partial charge in [0.05, 0.1) is 12.1 Å². The first-order chi connectivity index (χ1) is 8.98. The van der Waals surface area contributed by atoms with Crippen molar-refractivity contribution >= 4 is 21.3 Å². The minimum Gasteiger partial charge on any atom is -0.400 e. The van der Waals surface area contributed by atoms with Crippen LogP contribution in [0, 0.1) is 5.41 Å². The van der Waals surface area contributed by atoms with E-state index < -0.39 is 0 Å². The molecule has 6 nitrogen and oxygen atoms in total. The van der Waals surface area contributed by atoms with E-state index in [-0.39, 0.29) is 29.3 Å². The molecule has 3 atom stereocenters. The summed E-state index contributed by atoms with van der Waals surface area (Å²) in [6.07, 6.45) is 4.43. The van der Waals surface area contributed by atoms with Gasteiger partial charge < -0.3 is 10.6 Å². The second-order valence-corrected chi connectivity index (χ2v) is 5.93. The second kappa shape index (κ2) is 4.18. The highest BCUT2D eigenvalue weighted by Crippen LogP contribution is 2.59. The van der Waals surface area contributed by atoms with Crippen molar-refractivity contribution in [2.24, 2.45) is 11.1 Å². The third-order valence-corrected chi connectivity index (χ3v) is 4.76. The number of fused-ring (bicyclic) bond motifs is 3. The van der Waals surface area contributed by atoms with E-state index in [1.165, 1.54) is 18.1 Å². The lowest BCUT2D eigenvalue weighted by Gasteiger charge is -2.36. The molecular formula is C12H18N3O3P. The molecule has 2 aliphatic heterocycles. The van der Waals surface area contributed by atoms with Gasteiger partial charge in [0.25, 0.3) is 0 Å². The van der Waals surface area contributed by atoms with E-state index in [1.807, 2.05) is 0 Å². The van der Waals surface area contributed by atoms with Gasteiger partial charge in [0.2, 0.25) is 0 Å². The van der Waals surface area contributed by atoms with Gasteiger partial charge in [-0.1, -0.05) is 0 Å². The molecule has 0 radical (unpaired) electrons. The SMILES string of the molecule is CC(=O)C=C(N)C1CC2(CC2)C2CN1C(=O)N2OP. The van der Waals surface area contributed by atoms with Gasteiger partial charge in [-0.3, -0.25) is 9.42 Å². The Balaban J connectivity index is 1.92. The molecule has 2 heterocycles. The van der Waals surface area contributed by atoms with Crippen molar-refractivity contribution in [2.45, 2.75) is 38.3 Å². The Morgan fingerprint density at radius 2 is 2.26 bits per heavy atom. The molecular weight excluding hydrogens is 265 g/mol. The molecule has 2 bridgehead atoms. The maximum atomic E-state index is 12.3. The van der Waals surface area contributed by atoms with Gasteiger partial charge in [0, 0.05) is 27.8 Å². The van der Waals surface area contributed by atoms with Gasteiger partial charge in [-0.2, -0.15) is 5.06 Å². The largest absolute Gasteiger partial charge is 0.400 e. The van der Waals surface area contributed by atoms with Gasteiger partial charge in [-0.05, 0) is 31.6 Å². The number of carbonyl (C=O) groups excluding carboxylic acids is 2. The van der Waals surface area contributed by atoms with Crippen molar-refractivity contribution in [3.8, 4) is 0 Å². The molecule has 1 aliphatic carbocycles. The van der Waals surface area contributed by atoms with Crippen LogP contribution in [0.1, 0.15) is 26.2 Å². The average molecular weight is 283 g/mol. The van der Waals surface area contributed by atoms with Gasteiger partial charge in [-0.25, -0.2) is 4.79 Å². The fourth-order valence-electron chi connectivity index (χ4n) is 3.38. The Labute approximate surface area is 114 Å². The Hall–Kier alpha value is -1.13. The smallest absolute Gasteiger partial charge is 0.345 e. The van der Waals surface area contributed by atoms with Crippen LogP contribution in [-0.4, -0.2) is 40.4 Å². The van der Waals surface area contributed by atoms with E-state index >= 15 is 0 Å². The van der Waals surface area contributed by atoms with Gasteiger partial charge >= 0.3 is 6.03 Å². The molecule has 3 aliphatic rings. The molecule has 3 unspecified atom stereocenters.